The molecule has 90 valence electrons. The van der Waals surface area contributed by atoms with Crippen molar-refractivity contribution in [2.24, 2.45) is 0 Å². The van der Waals surface area contributed by atoms with Gasteiger partial charge in [0.15, 0.2) is 0 Å². The standard InChI is InChI=1S/C12H21N3S/c1-9(2)13-8-7-11-14-15-12(16-11)10-5-3-4-6-10/h9-10,13H,3-8H2,1-2H3. The molecule has 4 heteroatoms. The maximum absolute atomic E-state index is 4.34. The van der Waals surface area contributed by atoms with E-state index in [0.717, 1.165) is 13.0 Å². The molecule has 1 heterocycles. The molecule has 0 amide bonds. The average Bonchev–Trinajstić information content (AvgIpc) is 2.85. The van der Waals surface area contributed by atoms with Crippen molar-refractivity contribution in [2.45, 2.75) is 57.9 Å². The molecule has 1 aromatic heterocycles. The van der Waals surface area contributed by atoms with Gasteiger partial charge in [0, 0.05) is 24.9 Å². The predicted octanol–water partition coefficient (Wildman–Crippen LogP) is 2.74. The van der Waals surface area contributed by atoms with Crippen LogP contribution in [0.4, 0.5) is 0 Å². The first-order chi connectivity index (χ1) is 7.75. The van der Waals surface area contributed by atoms with Gasteiger partial charge < -0.3 is 5.32 Å². The zero-order chi connectivity index (χ0) is 11.4. The third kappa shape index (κ3) is 3.25. The van der Waals surface area contributed by atoms with E-state index in [1.54, 1.807) is 0 Å². The van der Waals surface area contributed by atoms with Crippen LogP contribution in [0.2, 0.25) is 0 Å². The van der Waals surface area contributed by atoms with Gasteiger partial charge in [0.2, 0.25) is 0 Å². The van der Waals surface area contributed by atoms with Crippen molar-refractivity contribution in [1.82, 2.24) is 15.5 Å². The molecule has 0 unspecified atom stereocenters. The van der Waals surface area contributed by atoms with Gasteiger partial charge in [0.05, 0.1) is 0 Å². The average molecular weight is 239 g/mol. The topological polar surface area (TPSA) is 37.8 Å². The number of aromatic nitrogens is 2. The molecule has 16 heavy (non-hydrogen) atoms. The van der Waals surface area contributed by atoms with Gasteiger partial charge in [-0.05, 0) is 12.8 Å². The first kappa shape index (κ1) is 12.0. The van der Waals surface area contributed by atoms with Crippen LogP contribution in [-0.2, 0) is 6.42 Å². The van der Waals surface area contributed by atoms with Crippen molar-refractivity contribution in [3.63, 3.8) is 0 Å². The lowest BCUT2D eigenvalue weighted by Crippen LogP contribution is -2.24. The minimum absolute atomic E-state index is 0.558. The fourth-order valence-corrected chi connectivity index (χ4v) is 3.18. The van der Waals surface area contributed by atoms with Crippen LogP contribution in [0.5, 0.6) is 0 Å². The van der Waals surface area contributed by atoms with Crippen molar-refractivity contribution in [2.75, 3.05) is 6.54 Å². The summed E-state index contributed by atoms with van der Waals surface area (Å²) in [5.41, 5.74) is 0. The van der Waals surface area contributed by atoms with Crippen molar-refractivity contribution in [3.05, 3.63) is 10.0 Å². The Balaban J connectivity index is 1.82. The molecule has 0 spiro atoms. The van der Waals surface area contributed by atoms with Crippen molar-refractivity contribution < 1.29 is 0 Å². The highest BCUT2D eigenvalue weighted by Gasteiger charge is 2.20. The van der Waals surface area contributed by atoms with Crippen molar-refractivity contribution in [1.29, 1.82) is 0 Å². The van der Waals surface area contributed by atoms with Crippen LogP contribution in [-0.4, -0.2) is 22.8 Å². The Morgan fingerprint density at radius 1 is 1.31 bits per heavy atom. The van der Waals surface area contributed by atoms with Crippen LogP contribution in [0.3, 0.4) is 0 Å². The van der Waals surface area contributed by atoms with E-state index in [-0.39, 0.29) is 0 Å². The molecular formula is C12H21N3S. The van der Waals surface area contributed by atoms with E-state index < -0.39 is 0 Å². The number of hydrogen-bond donors (Lipinski definition) is 1. The molecule has 1 aliphatic rings. The van der Waals surface area contributed by atoms with Gasteiger partial charge in [-0.15, -0.1) is 21.5 Å². The van der Waals surface area contributed by atoms with E-state index in [2.05, 4.69) is 29.4 Å². The van der Waals surface area contributed by atoms with Crippen LogP contribution < -0.4 is 5.32 Å². The van der Waals surface area contributed by atoms with E-state index in [1.165, 1.54) is 35.7 Å². The Bertz CT molecular complexity index is 316. The molecule has 0 bridgehead atoms. The molecule has 1 saturated carbocycles. The Labute approximate surface area is 102 Å². The molecule has 1 fully saturated rings. The highest BCUT2D eigenvalue weighted by Crippen LogP contribution is 2.35. The second-order valence-corrected chi connectivity index (χ2v) is 5.97. The molecular weight excluding hydrogens is 218 g/mol. The van der Waals surface area contributed by atoms with E-state index in [0.29, 0.717) is 12.0 Å². The van der Waals surface area contributed by atoms with Gasteiger partial charge in [0.25, 0.3) is 0 Å². The fourth-order valence-electron chi connectivity index (χ4n) is 2.17. The third-order valence-corrected chi connectivity index (χ3v) is 4.22. The molecule has 0 aliphatic heterocycles. The van der Waals surface area contributed by atoms with Crippen molar-refractivity contribution in [3.8, 4) is 0 Å². The summed E-state index contributed by atoms with van der Waals surface area (Å²) in [5, 5.41) is 14.5. The first-order valence-electron chi connectivity index (χ1n) is 6.31. The van der Waals surface area contributed by atoms with Gasteiger partial charge in [-0.1, -0.05) is 26.7 Å². The number of nitrogens with zero attached hydrogens (tertiary/aromatic N) is 2. The highest BCUT2D eigenvalue weighted by molar-refractivity contribution is 7.11. The molecule has 0 radical (unpaired) electrons. The molecule has 0 atom stereocenters. The van der Waals surface area contributed by atoms with E-state index in [9.17, 15) is 0 Å². The van der Waals surface area contributed by atoms with Crippen LogP contribution in [0.15, 0.2) is 0 Å². The first-order valence-corrected chi connectivity index (χ1v) is 7.13. The number of hydrogen-bond acceptors (Lipinski definition) is 4. The maximum atomic E-state index is 4.34. The zero-order valence-electron chi connectivity index (χ0n) is 10.2. The smallest absolute Gasteiger partial charge is 0.120 e. The summed E-state index contributed by atoms with van der Waals surface area (Å²) in [5.74, 6) is 0.712. The van der Waals surface area contributed by atoms with Crippen LogP contribution >= 0.6 is 11.3 Å². The fraction of sp³-hybridized carbons (Fsp3) is 0.833. The summed E-state index contributed by atoms with van der Waals surface area (Å²) in [7, 11) is 0. The summed E-state index contributed by atoms with van der Waals surface area (Å²) in [6, 6.07) is 0.558. The van der Waals surface area contributed by atoms with Crippen LogP contribution in [0.1, 0.15) is 55.5 Å². The molecule has 1 N–H and O–H groups in total. The SMILES string of the molecule is CC(C)NCCc1nnc(C2CCCC2)s1. The molecule has 0 saturated heterocycles. The number of nitrogens with one attached hydrogen (secondary N) is 1. The molecule has 3 nitrogen and oxygen atoms in total. The Kier molecular flexibility index (Phi) is 4.29. The molecule has 2 rings (SSSR count). The van der Waals surface area contributed by atoms with Gasteiger partial charge >= 0.3 is 0 Å². The Morgan fingerprint density at radius 2 is 2.06 bits per heavy atom. The predicted molar refractivity (Wildman–Crippen MR) is 68.0 cm³/mol. The quantitative estimate of drug-likeness (QED) is 0.858. The lowest BCUT2D eigenvalue weighted by atomic mass is 10.1. The normalized spacial score (nSPS) is 17.4. The summed E-state index contributed by atoms with van der Waals surface area (Å²) >= 11 is 1.82. The van der Waals surface area contributed by atoms with E-state index in [1.807, 2.05) is 11.3 Å². The molecule has 1 aliphatic carbocycles. The van der Waals surface area contributed by atoms with Crippen LogP contribution in [0.25, 0.3) is 0 Å². The largest absolute Gasteiger partial charge is 0.314 e. The van der Waals surface area contributed by atoms with Gasteiger partial charge in [-0.25, -0.2) is 0 Å². The zero-order valence-corrected chi connectivity index (χ0v) is 11.0. The second kappa shape index (κ2) is 5.73. The second-order valence-electron chi connectivity index (χ2n) is 4.87. The lowest BCUT2D eigenvalue weighted by molar-refractivity contribution is 0.588. The summed E-state index contributed by atoms with van der Waals surface area (Å²) in [6.45, 7) is 5.35. The van der Waals surface area contributed by atoms with Crippen LogP contribution in [0, 0.1) is 0 Å². The van der Waals surface area contributed by atoms with Gasteiger partial charge in [0.1, 0.15) is 10.0 Å². The Hall–Kier alpha value is -0.480. The third-order valence-electron chi connectivity index (χ3n) is 3.08. The molecule has 0 aromatic carbocycles. The Morgan fingerprint density at radius 3 is 2.75 bits per heavy atom. The monoisotopic (exact) mass is 239 g/mol. The summed E-state index contributed by atoms with van der Waals surface area (Å²) in [4.78, 5) is 0. The van der Waals surface area contributed by atoms with Crippen molar-refractivity contribution >= 4 is 11.3 Å². The number of rotatable bonds is 5. The minimum Gasteiger partial charge on any atom is -0.314 e. The lowest BCUT2D eigenvalue weighted by Gasteiger charge is -2.05. The maximum Gasteiger partial charge on any atom is 0.120 e. The summed E-state index contributed by atoms with van der Waals surface area (Å²) < 4.78 is 0. The summed E-state index contributed by atoms with van der Waals surface area (Å²) in [6.07, 6.45) is 6.39. The van der Waals surface area contributed by atoms with Gasteiger partial charge in [-0.3, -0.25) is 0 Å². The van der Waals surface area contributed by atoms with Gasteiger partial charge in [-0.2, -0.15) is 0 Å². The van der Waals surface area contributed by atoms with E-state index in [4.69, 9.17) is 0 Å². The van der Waals surface area contributed by atoms with E-state index >= 15 is 0 Å². The minimum atomic E-state index is 0.558. The highest BCUT2D eigenvalue weighted by atomic mass is 32.1. The molecule has 1 aromatic rings.